The van der Waals surface area contributed by atoms with Crippen LogP contribution < -0.4 is 10.5 Å². The van der Waals surface area contributed by atoms with Crippen LogP contribution >= 0.6 is 0 Å². The van der Waals surface area contributed by atoms with Crippen molar-refractivity contribution in [2.24, 2.45) is 0 Å². The van der Waals surface area contributed by atoms with Gasteiger partial charge in [-0.15, -0.1) is 0 Å². The van der Waals surface area contributed by atoms with Gasteiger partial charge in [-0.25, -0.2) is 9.78 Å². The van der Waals surface area contributed by atoms with Crippen molar-refractivity contribution in [3.8, 4) is 5.88 Å². The largest absolute Gasteiger partial charge is 0.471 e. The summed E-state index contributed by atoms with van der Waals surface area (Å²) in [5.74, 6) is 0.420. The molecule has 6 heteroatoms. The molecule has 1 aromatic heterocycles. The number of carbonyl (C=O) groups excluding carboxylic acids is 1. The fourth-order valence-corrected chi connectivity index (χ4v) is 1.98. The smallest absolute Gasteiger partial charge is 0.410 e. The van der Waals surface area contributed by atoms with Crippen molar-refractivity contribution in [1.29, 1.82) is 0 Å². The van der Waals surface area contributed by atoms with Crippen molar-refractivity contribution in [3.63, 3.8) is 0 Å². The Morgan fingerprint density at radius 3 is 2.90 bits per heavy atom. The van der Waals surface area contributed by atoms with E-state index in [0.29, 0.717) is 24.7 Å². The molecule has 1 fully saturated rings. The van der Waals surface area contributed by atoms with E-state index in [1.807, 2.05) is 20.8 Å². The molecule has 1 aromatic rings. The van der Waals surface area contributed by atoms with Crippen molar-refractivity contribution in [3.05, 3.63) is 18.3 Å². The number of carbonyl (C=O) groups is 1. The summed E-state index contributed by atoms with van der Waals surface area (Å²) in [6.07, 6.45) is 1.97. The molecule has 1 atom stereocenters. The summed E-state index contributed by atoms with van der Waals surface area (Å²) >= 11 is 0. The van der Waals surface area contributed by atoms with Crippen molar-refractivity contribution in [2.75, 3.05) is 18.8 Å². The predicted octanol–water partition coefficient (Wildman–Crippen LogP) is 2.05. The van der Waals surface area contributed by atoms with Gasteiger partial charge in [0.05, 0.1) is 12.2 Å². The summed E-state index contributed by atoms with van der Waals surface area (Å²) in [5.41, 5.74) is 5.80. The van der Waals surface area contributed by atoms with E-state index < -0.39 is 5.60 Å². The molecule has 110 valence electrons. The second kappa shape index (κ2) is 5.56. The van der Waals surface area contributed by atoms with Crippen LogP contribution in [0.3, 0.4) is 0 Å². The van der Waals surface area contributed by atoms with E-state index >= 15 is 0 Å². The number of anilines is 1. The number of nitrogens with zero attached hydrogens (tertiary/aromatic N) is 2. The van der Waals surface area contributed by atoms with Crippen molar-refractivity contribution < 1.29 is 14.3 Å². The zero-order valence-electron chi connectivity index (χ0n) is 12.1. The van der Waals surface area contributed by atoms with Crippen LogP contribution in [0.1, 0.15) is 27.2 Å². The minimum absolute atomic E-state index is 0.0975. The first-order valence-corrected chi connectivity index (χ1v) is 6.70. The van der Waals surface area contributed by atoms with Gasteiger partial charge in [-0.05, 0) is 32.9 Å². The highest BCUT2D eigenvalue weighted by atomic mass is 16.6. The lowest BCUT2D eigenvalue weighted by Gasteiger charge is -2.24. The monoisotopic (exact) mass is 279 g/mol. The van der Waals surface area contributed by atoms with Crippen LogP contribution in [0.5, 0.6) is 5.88 Å². The molecule has 0 radical (unpaired) electrons. The minimum atomic E-state index is -0.485. The number of amides is 1. The maximum Gasteiger partial charge on any atom is 0.410 e. The number of nitrogens with two attached hydrogens (primary N) is 1. The summed E-state index contributed by atoms with van der Waals surface area (Å²) < 4.78 is 11.1. The predicted molar refractivity (Wildman–Crippen MR) is 75.5 cm³/mol. The van der Waals surface area contributed by atoms with E-state index in [1.54, 1.807) is 23.2 Å². The fourth-order valence-electron chi connectivity index (χ4n) is 1.98. The summed E-state index contributed by atoms with van der Waals surface area (Å²) in [6, 6.07) is 3.49. The molecule has 2 N–H and O–H groups in total. The third-order valence-corrected chi connectivity index (χ3v) is 2.88. The van der Waals surface area contributed by atoms with E-state index in [-0.39, 0.29) is 12.2 Å². The Kier molecular flexibility index (Phi) is 4.01. The maximum absolute atomic E-state index is 11.9. The number of pyridine rings is 1. The van der Waals surface area contributed by atoms with E-state index in [4.69, 9.17) is 15.2 Å². The molecule has 0 saturated carbocycles. The number of likely N-dealkylation sites (tertiary alicyclic amines) is 1. The minimum Gasteiger partial charge on any atom is -0.471 e. The van der Waals surface area contributed by atoms with Gasteiger partial charge < -0.3 is 20.1 Å². The Balaban J connectivity index is 1.90. The highest BCUT2D eigenvalue weighted by Gasteiger charge is 2.31. The number of nitrogen functional groups attached to an aromatic ring is 1. The number of hydrogen-bond donors (Lipinski definition) is 1. The molecule has 20 heavy (non-hydrogen) atoms. The van der Waals surface area contributed by atoms with Crippen LogP contribution in [0.25, 0.3) is 0 Å². The van der Waals surface area contributed by atoms with E-state index in [2.05, 4.69) is 4.98 Å². The topological polar surface area (TPSA) is 77.7 Å². The number of aromatic nitrogens is 1. The van der Waals surface area contributed by atoms with Gasteiger partial charge in [0, 0.05) is 19.2 Å². The lowest BCUT2D eigenvalue weighted by atomic mass is 10.2. The van der Waals surface area contributed by atoms with E-state index in [0.717, 1.165) is 6.42 Å². The third kappa shape index (κ3) is 3.76. The van der Waals surface area contributed by atoms with Crippen LogP contribution in [0.15, 0.2) is 18.3 Å². The highest BCUT2D eigenvalue weighted by Crippen LogP contribution is 2.22. The van der Waals surface area contributed by atoms with E-state index in [9.17, 15) is 4.79 Å². The van der Waals surface area contributed by atoms with Gasteiger partial charge in [-0.3, -0.25) is 0 Å². The summed E-state index contributed by atoms with van der Waals surface area (Å²) in [6.45, 7) is 6.66. The van der Waals surface area contributed by atoms with Gasteiger partial charge in [0.2, 0.25) is 5.88 Å². The summed E-state index contributed by atoms with van der Waals surface area (Å²) in [4.78, 5) is 17.7. The maximum atomic E-state index is 11.9. The average Bonchev–Trinajstić information content (AvgIpc) is 2.79. The number of hydrogen-bond acceptors (Lipinski definition) is 5. The lowest BCUT2D eigenvalue weighted by Crippen LogP contribution is -2.36. The first-order chi connectivity index (χ1) is 9.35. The standard InChI is InChI=1S/C14H21N3O3/c1-14(2,3)20-13(18)17-8-6-10(9-17)19-12-11(15)5-4-7-16-12/h4-5,7,10H,6,8-9,15H2,1-3H3/t10-/m0/s1. The van der Waals surface area contributed by atoms with Gasteiger partial charge in [-0.1, -0.05) is 0 Å². The van der Waals surface area contributed by atoms with Crippen LogP contribution in [0.4, 0.5) is 10.5 Å². The molecule has 1 aliphatic rings. The third-order valence-electron chi connectivity index (χ3n) is 2.88. The van der Waals surface area contributed by atoms with Crippen molar-refractivity contribution in [1.82, 2.24) is 9.88 Å². The first kappa shape index (κ1) is 14.4. The molecule has 0 aliphatic carbocycles. The van der Waals surface area contributed by atoms with Crippen LogP contribution in [0, 0.1) is 0 Å². The molecule has 1 aliphatic heterocycles. The summed E-state index contributed by atoms with van der Waals surface area (Å²) in [7, 11) is 0. The van der Waals surface area contributed by atoms with Crippen LogP contribution in [0.2, 0.25) is 0 Å². The van der Waals surface area contributed by atoms with Crippen molar-refractivity contribution in [2.45, 2.75) is 38.9 Å². The van der Waals surface area contributed by atoms with Crippen molar-refractivity contribution >= 4 is 11.8 Å². The zero-order chi connectivity index (χ0) is 14.8. The zero-order valence-corrected chi connectivity index (χ0v) is 12.1. The Bertz CT molecular complexity index is 485. The first-order valence-electron chi connectivity index (χ1n) is 6.70. The SMILES string of the molecule is CC(C)(C)OC(=O)N1CC[C@H](Oc2ncccc2N)C1. The molecule has 1 saturated heterocycles. The molecule has 6 nitrogen and oxygen atoms in total. The van der Waals surface area contributed by atoms with Gasteiger partial charge in [0.25, 0.3) is 0 Å². The fraction of sp³-hybridized carbons (Fsp3) is 0.571. The molecule has 0 unspecified atom stereocenters. The molecule has 0 spiro atoms. The second-order valence-electron chi connectivity index (χ2n) is 5.85. The van der Waals surface area contributed by atoms with Gasteiger partial charge >= 0.3 is 6.09 Å². The Labute approximate surface area is 118 Å². The van der Waals surface area contributed by atoms with Crippen LogP contribution in [-0.4, -0.2) is 40.8 Å². The quantitative estimate of drug-likeness (QED) is 0.896. The number of rotatable bonds is 2. The molecular weight excluding hydrogens is 258 g/mol. The highest BCUT2D eigenvalue weighted by molar-refractivity contribution is 5.68. The Morgan fingerprint density at radius 2 is 2.25 bits per heavy atom. The van der Waals surface area contributed by atoms with E-state index in [1.165, 1.54) is 0 Å². The molecule has 0 bridgehead atoms. The average molecular weight is 279 g/mol. The second-order valence-corrected chi connectivity index (χ2v) is 5.85. The van der Waals surface area contributed by atoms with Gasteiger partial charge in [0.15, 0.2) is 0 Å². The lowest BCUT2D eigenvalue weighted by molar-refractivity contribution is 0.0275. The molecule has 0 aromatic carbocycles. The van der Waals surface area contributed by atoms with Gasteiger partial charge in [0.1, 0.15) is 11.7 Å². The molecular formula is C14H21N3O3. The van der Waals surface area contributed by atoms with Gasteiger partial charge in [-0.2, -0.15) is 0 Å². The number of ether oxygens (including phenoxy) is 2. The van der Waals surface area contributed by atoms with Crippen LogP contribution in [-0.2, 0) is 4.74 Å². The Hall–Kier alpha value is -1.98. The summed E-state index contributed by atoms with van der Waals surface area (Å²) in [5, 5.41) is 0. The Morgan fingerprint density at radius 1 is 1.50 bits per heavy atom. The molecule has 2 rings (SSSR count). The molecule has 1 amide bonds. The molecule has 2 heterocycles. The normalized spacial score (nSPS) is 18.9.